The molecule has 2 aromatic carbocycles. The van der Waals surface area contributed by atoms with Gasteiger partial charge in [0.05, 0.1) is 11.9 Å². The van der Waals surface area contributed by atoms with Crippen molar-refractivity contribution in [1.82, 2.24) is 14.8 Å². The standard InChI is InChI=1S/C24H29N3O2S/c1-7-29-20-14-10-17(11-15-20)21(28)16(2)30-23-26-25-22(27(23)6)18-8-12-19(13-9-18)24(3,4)5/h8-16H,7H2,1-6H3/t16-/m0/s1. The summed E-state index contributed by atoms with van der Waals surface area (Å²) >= 11 is 1.42. The summed E-state index contributed by atoms with van der Waals surface area (Å²) in [5.74, 6) is 1.62. The number of rotatable bonds is 7. The van der Waals surface area contributed by atoms with Crippen LogP contribution in [-0.4, -0.2) is 32.4 Å². The monoisotopic (exact) mass is 423 g/mol. The number of ether oxygens (including phenoxy) is 1. The molecule has 5 nitrogen and oxygen atoms in total. The van der Waals surface area contributed by atoms with E-state index < -0.39 is 0 Å². The molecule has 0 saturated heterocycles. The Kier molecular flexibility index (Phi) is 6.66. The first-order valence-electron chi connectivity index (χ1n) is 10.1. The van der Waals surface area contributed by atoms with Crippen LogP contribution in [0.2, 0.25) is 0 Å². The molecule has 0 fully saturated rings. The predicted molar refractivity (Wildman–Crippen MR) is 122 cm³/mol. The van der Waals surface area contributed by atoms with Crippen LogP contribution in [0.1, 0.15) is 50.5 Å². The first-order valence-corrected chi connectivity index (χ1v) is 11.0. The average Bonchev–Trinajstić information content (AvgIpc) is 3.08. The number of carbonyl (C=O) groups is 1. The first kappa shape index (κ1) is 22.1. The van der Waals surface area contributed by atoms with Gasteiger partial charge in [-0.25, -0.2) is 0 Å². The van der Waals surface area contributed by atoms with Crippen LogP contribution in [0.3, 0.4) is 0 Å². The zero-order valence-electron chi connectivity index (χ0n) is 18.5. The Morgan fingerprint density at radius 2 is 1.70 bits per heavy atom. The van der Waals surface area contributed by atoms with Crippen molar-refractivity contribution in [2.75, 3.05) is 6.61 Å². The molecular formula is C24H29N3O2S. The molecule has 30 heavy (non-hydrogen) atoms. The lowest BCUT2D eigenvalue weighted by molar-refractivity contribution is 0.0994. The van der Waals surface area contributed by atoms with Gasteiger partial charge in [0.2, 0.25) is 0 Å². The Morgan fingerprint density at radius 3 is 2.27 bits per heavy atom. The van der Waals surface area contributed by atoms with E-state index in [0.29, 0.717) is 12.2 Å². The van der Waals surface area contributed by atoms with E-state index in [1.54, 1.807) is 0 Å². The van der Waals surface area contributed by atoms with Crippen LogP contribution in [0.25, 0.3) is 11.4 Å². The number of aromatic nitrogens is 3. The third-order valence-corrected chi connectivity index (χ3v) is 6.08. The number of Topliss-reactive ketones (excluding diaryl/α,β-unsaturated/α-hetero) is 1. The van der Waals surface area contributed by atoms with Gasteiger partial charge in [0.15, 0.2) is 16.8 Å². The summed E-state index contributed by atoms with van der Waals surface area (Å²) in [4.78, 5) is 12.8. The largest absolute Gasteiger partial charge is 0.494 e. The van der Waals surface area contributed by atoms with Crippen molar-refractivity contribution in [3.63, 3.8) is 0 Å². The third-order valence-electron chi connectivity index (χ3n) is 4.95. The molecule has 0 amide bonds. The Hall–Kier alpha value is -2.60. The number of thioether (sulfide) groups is 1. The molecule has 0 spiro atoms. The van der Waals surface area contributed by atoms with Crippen LogP contribution < -0.4 is 4.74 Å². The molecule has 3 aromatic rings. The van der Waals surface area contributed by atoms with Crippen LogP contribution in [0, 0.1) is 0 Å². The second-order valence-corrected chi connectivity index (χ2v) is 9.58. The van der Waals surface area contributed by atoms with Crippen molar-refractivity contribution in [2.45, 2.75) is 50.4 Å². The molecule has 1 aromatic heterocycles. The highest BCUT2D eigenvalue weighted by Gasteiger charge is 2.21. The van der Waals surface area contributed by atoms with E-state index in [4.69, 9.17) is 4.74 Å². The minimum Gasteiger partial charge on any atom is -0.494 e. The Morgan fingerprint density at radius 1 is 1.07 bits per heavy atom. The van der Waals surface area contributed by atoms with E-state index in [-0.39, 0.29) is 16.4 Å². The van der Waals surface area contributed by atoms with Gasteiger partial charge >= 0.3 is 0 Å². The molecule has 0 radical (unpaired) electrons. The minimum absolute atomic E-state index is 0.0575. The number of benzene rings is 2. The molecule has 1 atom stereocenters. The highest BCUT2D eigenvalue weighted by molar-refractivity contribution is 8.00. The van der Waals surface area contributed by atoms with Crippen molar-refractivity contribution in [2.24, 2.45) is 7.05 Å². The van der Waals surface area contributed by atoms with E-state index in [1.165, 1.54) is 17.3 Å². The highest BCUT2D eigenvalue weighted by atomic mass is 32.2. The van der Waals surface area contributed by atoms with E-state index in [2.05, 4.69) is 55.2 Å². The van der Waals surface area contributed by atoms with Gasteiger partial charge in [-0.15, -0.1) is 10.2 Å². The second kappa shape index (κ2) is 9.04. The van der Waals surface area contributed by atoms with Crippen molar-refractivity contribution in [3.8, 4) is 17.1 Å². The maximum atomic E-state index is 12.8. The summed E-state index contributed by atoms with van der Waals surface area (Å²) in [7, 11) is 1.93. The number of hydrogen-bond donors (Lipinski definition) is 0. The second-order valence-electron chi connectivity index (χ2n) is 8.27. The molecular weight excluding hydrogens is 394 g/mol. The Balaban J connectivity index is 1.73. The normalized spacial score (nSPS) is 12.6. The number of hydrogen-bond acceptors (Lipinski definition) is 5. The maximum Gasteiger partial charge on any atom is 0.191 e. The van der Waals surface area contributed by atoms with Crippen LogP contribution in [0.4, 0.5) is 0 Å². The fourth-order valence-electron chi connectivity index (χ4n) is 3.12. The molecule has 0 unspecified atom stereocenters. The summed E-state index contributed by atoms with van der Waals surface area (Å²) in [5.41, 5.74) is 3.06. The van der Waals surface area contributed by atoms with Gasteiger partial charge in [-0.1, -0.05) is 56.8 Å². The van der Waals surface area contributed by atoms with Gasteiger partial charge in [-0.3, -0.25) is 4.79 Å². The van der Waals surface area contributed by atoms with Crippen molar-refractivity contribution < 1.29 is 9.53 Å². The van der Waals surface area contributed by atoms with E-state index in [0.717, 1.165) is 22.3 Å². The molecule has 0 aliphatic carbocycles. The molecule has 1 heterocycles. The summed E-state index contributed by atoms with van der Waals surface area (Å²) in [6.07, 6.45) is 0. The van der Waals surface area contributed by atoms with E-state index >= 15 is 0 Å². The van der Waals surface area contributed by atoms with Crippen LogP contribution >= 0.6 is 11.8 Å². The van der Waals surface area contributed by atoms with Crippen molar-refractivity contribution >= 4 is 17.5 Å². The fraction of sp³-hybridized carbons (Fsp3) is 0.375. The lowest BCUT2D eigenvalue weighted by Gasteiger charge is -2.19. The van der Waals surface area contributed by atoms with Gasteiger partial charge in [0, 0.05) is 18.2 Å². The molecule has 6 heteroatoms. The zero-order valence-corrected chi connectivity index (χ0v) is 19.3. The van der Waals surface area contributed by atoms with E-state index in [1.807, 2.05) is 49.7 Å². The fourth-order valence-corrected chi connectivity index (χ4v) is 4.01. The zero-order chi connectivity index (χ0) is 21.9. The third kappa shape index (κ3) is 4.93. The molecule has 0 aliphatic heterocycles. The Bertz CT molecular complexity index is 1000. The highest BCUT2D eigenvalue weighted by Crippen LogP contribution is 2.29. The van der Waals surface area contributed by atoms with Crippen LogP contribution in [-0.2, 0) is 12.5 Å². The predicted octanol–water partition coefficient (Wildman–Crippen LogP) is 5.54. The summed E-state index contributed by atoms with van der Waals surface area (Å²) in [5, 5.41) is 9.12. The van der Waals surface area contributed by atoms with Crippen molar-refractivity contribution in [1.29, 1.82) is 0 Å². The topological polar surface area (TPSA) is 57.0 Å². The average molecular weight is 424 g/mol. The lowest BCUT2D eigenvalue weighted by Crippen LogP contribution is -2.14. The lowest BCUT2D eigenvalue weighted by atomic mass is 9.87. The first-order chi connectivity index (χ1) is 14.2. The molecule has 0 N–H and O–H groups in total. The smallest absolute Gasteiger partial charge is 0.191 e. The minimum atomic E-state index is -0.276. The molecule has 0 saturated carbocycles. The Labute approximate surface area is 182 Å². The summed E-state index contributed by atoms with van der Waals surface area (Å²) in [6, 6.07) is 15.7. The van der Waals surface area contributed by atoms with E-state index in [9.17, 15) is 4.79 Å². The molecule has 0 bridgehead atoms. The molecule has 3 rings (SSSR count). The number of carbonyl (C=O) groups excluding carboxylic acids is 1. The maximum absolute atomic E-state index is 12.8. The SMILES string of the molecule is CCOc1ccc(C(=O)[C@H](C)Sc2nnc(-c3ccc(C(C)(C)C)cc3)n2C)cc1. The van der Waals surface area contributed by atoms with Gasteiger partial charge in [0.1, 0.15) is 5.75 Å². The van der Waals surface area contributed by atoms with Gasteiger partial charge in [-0.2, -0.15) is 0 Å². The molecule has 0 aliphatic rings. The van der Waals surface area contributed by atoms with Gasteiger partial charge < -0.3 is 9.30 Å². The quantitative estimate of drug-likeness (QED) is 0.369. The summed E-state index contributed by atoms with van der Waals surface area (Å²) in [6.45, 7) is 11.0. The van der Waals surface area contributed by atoms with Gasteiger partial charge in [0.25, 0.3) is 0 Å². The summed E-state index contributed by atoms with van der Waals surface area (Å²) < 4.78 is 7.39. The van der Waals surface area contributed by atoms with Gasteiger partial charge in [-0.05, 0) is 49.1 Å². The number of nitrogens with zero attached hydrogens (tertiary/aromatic N) is 3. The van der Waals surface area contributed by atoms with Crippen LogP contribution in [0.5, 0.6) is 5.75 Å². The van der Waals surface area contributed by atoms with Crippen molar-refractivity contribution in [3.05, 3.63) is 59.7 Å². The number of ketones is 1. The molecule has 158 valence electrons. The van der Waals surface area contributed by atoms with Crippen LogP contribution in [0.15, 0.2) is 53.7 Å².